The smallest absolute Gasteiger partial charge is 0.410 e. The number of carbonyl (C=O) groups is 1. The predicted molar refractivity (Wildman–Crippen MR) is 98.6 cm³/mol. The van der Waals surface area contributed by atoms with Gasteiger partial charge in [0.05, 0.1) is 15.5 Å². The molecule has 0 aliphatic carbocycles. The minimum Gasteiger partial charge on any atom is -0.444 e. The van der Waals surface area contributed by atoms with Crippen molar-refractivity contribution in [2.24, 2.45) is 0 Å². The van der Waals surface area contributed by atoms with Gasteiger partial charge in [-0.05, 0) is 48.7 Å². The van der Waals surface area contributed by atoms with E-state index in [9.17, 15) is 4.79 Å². The number of nitrogens with zero attached hydrogens (tertiary/aromatic N) is 2. The Bertz CT molecular complexity index is 700. The van der Waals surface area contributed by atoms with E-state index in [-0.39, 0.29) is 12.1 Å². The lowest BCUT2D eigenvalue weighted by Gasteiger charge is -2.31. The average molecular weight is 415 g/mol. The zero-order chi connectivity index (χ0) is 17.5. The molecule has 1 N–H and O–H groups in total. The number of nitrogens with one attached hydrogen (secondary N) is 1. The Labute approximate surface area is 155 Å². The molecule has 24 heavy (non-hydrogen) atoms. The first-order valence-electron chi connectivity index (χ1n) is 8.01. The molecule has 7 heteroatoms. The van der Waals surface area contributed by atoms with Gasteiger partial charge in [-0.25, -0.2) is 9.78 Å². The van der Waals surface area contributed by atoms with Crippen molar-refractivity contribution in [3.63, 3.8) is 0 Å². The molecule has 3 rings (SSSR count). The highest BCUT2D eigenvalue weighted by Gasteiger charge is 2.30. The number of fused-ring (bicyclic) bond motifs is 1. The second kappa shape index (κ2) is 6.56. The molecular weight excluding hydrogens is 394 g/mol. The highest BCUT2D eigenvalue weighted by molar-refractivity contribution is 9.10. The Morgan fingerprint density at radius 1 is 1.50 bits per heavy atom. The van der Waals surface area contributed by atoms with Crippen LogP contribution in [0.1, 0.15) is 32.8 Å². The van der Waals surface area contributed by atoms with E-state index in [1.54, 1.807) is 11.1 Å². The highest BCUT2D eigenvalue weighted by Crippen LogP contribution is 2.37. The van der Waals surface area contributed by atoms with E-state index in [1.807, 2.05) is 20.8 Å². The molecule has 1 aromatic rings. The number of carbonyl (C=O) groups excluding carboxylic acids is 1. The fraction of sp³-hybridized carbons (Fsp3) is 0.529. The van der Waals surface area contributed by atoms with Gasteiger partial charge in [0, 0.05) is 31.3 Å². The molecule has 0 fully saturated rings. The molecule has 1 atom stereocenters. The number of ether oxygens (including phenoxy) is 1. The van der Waals surface area contributed by atoms with Crippen LogP contribution in [0.5, 0.6) is 0 Å². The lowest BCUT2D eigenvalue weighted by Crippen LogP contribution is -2.40. The zero-order valence-corrected chi connectivity index (χ0v) is 16.4. The van der Waals surface area contributed by atoms with Crippen molar-refractivity contribution >= 4 is 39.4 Å². The molecular formula is C17H21BrClN3O2. The van der Waals surface area contributed by atoms with E-state index in [0.717, 1.165) is 33.7 Å². The van der Waals surface area contributed by atoms with Crippen LogP contribution in [0.2, 0.25) is 5.02 Å². The van der Waals surface area contributed by atoms with Crippen molar-refractivity contribution in [1.29, 1.82) is 0 Å². The maximum Gasteiger partial charge on any atom is 0.410 e. The Balaban J connectivity index is 1.65. The van der Waals surface area contributed by atoms with Gasteiger partial charge in [-0.1, -0.05) is 17.7 Å². The van der Waals surface area contributed by atoms with Gasteiger partial charge in [-0.3, -0.25) is 0 Å². The first kappa shape index (κ1) is 17.5. The lowest BCUT2D eigenvalue weighted by atomic mass is 9.97. The van der Waals surface area contributed by atoms with Crippen molar-refractivity contribution in [1.82, 2.24) is 9.88 Å². The lowest BCUT2D eigenvalue weighted by molar-refractivity contribution is 0.0265. The molecule has 1 aromatic heterocycles. The normalized spacial score (nSPS) is 20.3. The summed E-state index contributed by atoms with van der Waals surface area (Å²) in [5.41, 5.74) is 1.87. The largest absolute Gasteiger partial charge is 0.444 e. The topological polar surface area (TPSA) is 54.5 Å². The van der Waals surface area contributed by atoms with Gasteiger partial charge in [0.1, 0.15) is 11.4 Å². The second-order valence-electron chi connectivity index (χ2n) is 7.10. The van der Waals surface area contributed by atoms with E-state index >= 15 is 0 Å². The molecule has 0 aromatic carbocycles. The SMILES string of the molecule is CC(C)(C)OC(=O)N1CC=C(C2Cc3c(ncc(Br)c3Cl)N2)CC1. The second-order valence-corrected chi connectivity index (χ2v) is 8.34. The molecule has 130 valence electrons. The van der Waals surface area contributed by atoms with Crippen molar-refractivity contribution in [2.45, 2.75) is 45.3 Å². The van der Waals surface area contributed by atoms with E-state index in [4.69, 9.17) is 16.3 Å². The van der Waals surface area contributed by atoms with E-state index in [2.05, 4.69) is 32.3 Å². The molecule has 1 unspecified atom stereocenters. The summed E-state index contributed by atoms with van der Waals surface area (Å²) in [6.07, 6.45) is 5.22. The third-order valence-corrected chi connectivity index (χ3v) is 5.39. The number of halogens is 2. The van der Waals surface area contributed by atoms with Crippen LogP contribution in [0, 0.1) is 0 Å². The molecule has 2 aliphatic heterocycles. The predicted octanol–water partition coefficient (Wildman–Crippen LogP) is 4.40. The van der Waals surface area contributed by atoms with Crippen molar-refractivity contribution < 1.29 is 9.53 Å². The summed E-state index contributed by atoms with van der Waals surface area (Å²) >= 11 is 9.77. The van der Waals surface area contributed by atoms with Crippen LogP contribution < -0.4 is 5.32 Å². The average Bonchev–Trinajstić information content (AvgIpc) is 2.94. The van der Waals surface area contributed by atoms with E-state index < -0.39 is 5.60 Å². The van der Waals surface area contributed by atoms with Crippen LogP contribution in [0.25, 0.3) is 0 Å². The minimum absolute atomic E-state index is 0.195. The molecule has 3 heterocycles. The summed E-state index contributed by atoms with van der Waals surface area (Å²) in [6, 6.07) is 0.195. The van der Waals surface area contributed by atoms with E-state index in [0.29, 0.717) is 13.1 Å². The number of anilines is 1. The standard InChI is InChI=1S/C17H21BrClN3O2/c1-17(2,3)24-16(23)22-6-4-10(5-7-22)13-8-11-14(19)12(18)9-20-15(11)21-13/h4,9,13H,5-8H2,1-3H3,(H,20,21). The van der Waals surface area contributed by atoms with Crippen LogP contribution in [0.4, 0.5) is 10.6 Å². The van der Waals surface area contributed by atoms with Gasteiger partial charge in [0.15, 0.2) is 0 Å². The Hall–Kier alpha value is -1.27. The van der Waals surface area contributed by atoms with E-state index in [1.165, 1.54) is 5.57 Å². The maximum atomic E-state index is 12.1. The third-order valence-electron chi connectivity index (χ3n) is 4.13. The number of aromatic nitrogens is 1. The number of hydrogen-bond donors (Lipinski definition) is 1. The summed E-state index contributed by atoms with van der Waals surface area (Å²) in [5, 5.41) is 4.16. The molecule has 0 saturated carbocycles. The Morgan fingerprint density at radius 2 is 2.25 bits per heavy atom. The number of amides is 1. The van der Waals surface area contributed by atoms with Gasteiger partial charge in [-0.2, -0.15) is 0 Å². The Morgan fingerprint density at radius 3 is 2.88 bits per heavy atom. The Kier molecular flexibility index (Phi) is 4.80. The quantitative estimate of drug-likeness (QED) is 0.692. The van der Waals surface area contributed by atoms with Crippen molar-refractivity contribution in [2.75, 3.05) is 18.4 Å². The molecule has 0 saturated heterocycles. The molecule has 0 bridgehead atoms. The summed E-state index contributed by atoms with van der Waals surface area (Å²) in [7, 11) is 0. The number of hydrogen-bond acceptors (Lipinski definition) is 4. The fourth-order valence-corrected chi connectivity index (χ4v) is 3.51. The summed E-state index contributed by atoms with van der Waals surface area (Å²) in [5.74, 6) is 0.851. The maximum absolute atomic E-state index is 12.1. The van der Waals surface area contributed by atoms with Gasteiger partial charge in [0.25, 0.3) is 0 Å². The first-order chi connectivity index (χ1) is 11.2. The van der Waals surface area contributed by atoms with Gasteiger partial charge < -0.3 is 15.0 Å². The van der Waals surface area contributed by atoms with Gasteiger partial charge in [0.2, 0.25) is 0 Å². The van der Waals surface area contributed by atoms with Gasteiger partial charge >= 0.3 is 6.09 Å². The molecule has 0 radical (unpaired) electrons. The first-order valence-corrected chi connectivity index (χ1v) is 9.18. The van der Waals surface area contributed by atoms with Crippen LogP contribution in [0.15, 0.2) is 22.3 Å². The fourth-order valence-electron chi connectivity index (χ4n) is 2.95. The van der Waals surface area contributed by atoms with Crippen molar-refractivity contribution in [3.05, 3.63) is 32.9 Å². The zero-order valence-electron chi connectivity index (χ0n) is 14.0. The minimum atomic E-state index is -0.467. The summed E-state index contributed by atoms with van der Waals surface area (Å²) in [4.78, 5) is 18.3. The van der Waals surface area contributed by atoms with Crippen LogP contribution in [0.3, 0.4) is 0 Å². The van der Waals surface area contributed by atoms with Crippen LogP contribution in [-0.4, -0.2) is 40.7 Å². The summed E-state index contributed by atoms with van der Waals surface area (Å²) < 4.78 is 6.25. The summed E-state index contributed by atoms with van der Waals surface area (Å²) in [6.45, 7) is 6.88. The molecule has 2 aliphatic rings. The van der Waals surface area contributed by atoms with Gasteiger partial charge in [-0.15, -0.1) is 0 Å². The van der Waals surface area contributed by atoms with Crippen LogP contribution in [-0.2, 0) is 11.2 Å². The number of rotatable bonds is 1. The monoisotopic (exact) mass is 413 g/mol. The number of pyridine rings is 1. The molecule has 5 nitrogen and oxygen atoms in total. The molecule has 1 amide bonds. The third kappa shape index (κ3) is 3.70. The van der Waals surface area contributed by atoms with Crippen molar-refractivity contribution in [3.8, 4) is 0 Å². The van der Waals surface area contributed by atoms with Crippen LogP contribution >= 0.6 is 27.5 Å². The highest BCUT2D eigenvalue weighted by atomic mass is 79.9. The molecule has 0 spiro atoms.